The summed E-state index contributed by atoms with van der Waals surface area (Å²) < 4.78 is 7.60. The normalized spacial score (nSPS) is 21.0. The first-order valence-electron chi connectivity index (χ1n) is 18.8. The maximum atomic E-state index is 12.9. The minimum atomic E-state index is -1.35. The molecular formula is C39H53N9O5. The van der Waals surface area contributed by atoms with E-state index in [1.807, 2.05) is 36.4 Å². The molecule has 0 spiro atoms. The number of aliphatic hydroxyl groups is 2. The molecule has 6 N–H and O–H groups in total. The molecular weight excluding hydrogens is 674 g/mol. The molecule has 2 fully saturated rings. The summed E-state index contributed by atoms with van der Waals surface area (Å²) in [5.74, 6) is 1.92. The number of benzene rings is 2. The average molecular weight is 728 g/mol. The first-order valence-corrected chi connectivity index (χ1v) is 18.8. The van der Waals surface area contributed by atoms with Crippen LogP contribution in [0.1, 0.15) is 69.1 Å². The number of carbonyl (C=O) groups is 2. The van der Waals surface area contributed by atoms with Gasteiger partial charge in [-0.2, -0.15) is 0 Å². The van der Waals surface area contributed by atoms with Gasteiger partial charge in [-0.1, -0.05) is 74.5 Å². The first-order chi connectivity index (χ1) is 25.7. The highest BCUT2D eigenvalue weighted by Crippen LogP contribution is 2.34. The molecule has 4 heterocycles. The predicted molar refractivity (Wildman–Crippen MR) is 202 cm³/mol. The highest BCUT2D eigenvalue weighted by Gasteiger charge is 2.45. The van der Waals surface area contributed by atoms with E-state index in [2.05, 4.69) is 69.3 Å². The van der Waals surface area contributed by atoms with Crippen molar-refractivity contribution in [3.05, 3.63) is 83.9 Å². The fraction of sp³-hybridized carbons (Fsp3) is 0.513. The molecule has 4 aromatic rings. The molecule has 0 radical (unpaired) electrons. The molecule has 0 saturated carbocycles. The number of fused-ring (bicyclic) bond motifs is 1. The Morgan fingerprint density at radius 2 is 1.60 bits per heavy atom. The lowest BCUT2D eigenvalue weighted by Gasteiger charge is -2.33. The zero-order chi connectivity index (χ0) is 37.3. The van der Waals surface area contributed by atoms with Crippen molar-refractivity contribution in [1.29, 1.82) is 0 Å². The van der Waals surface area contributed by atoms with E-state index in [-0.39, 0.29) is 30.8 Å². The van der Waals surface area contributed by atoms with Crippen LogP contribution in [0.15, 0.2) is 67.0 Å². The summed E-state index contributed by atoms with van der Waals surface area (Å²) >= 11 is 0. The van der Waals surface area contributed by atoms with E-state index >= 15 is 0 Å². The SMILES string of the molecule is CCNC(=O)C[C@@H]1O[C@@H](n2cnc3c(NCC(c4ccccc4)c4ccccc4)nc(CNC(=O)NCCN4CCC(C(C)C)CC4)nc32)[C@H](O)[C@@H]1O. The number of likely N-dealkylation sites (tertiary alicyclic amines) is 1. The Balaban J connectivity index is 1.20. The van der Waals surface area contributed by atoms with Crippen LogP contribution < -0.4 is 21.3 Å². The molecule has 2 aromatic heterocycles. The molecule has 14 heteroatoms. The number of hydrogen-bond donors (Lipinski definition) is 6. The van der Waals surface area contributed by atoms with Gasteiger partial charge in [0.25, 0.3) is 0 Å². The summed E-state index contributed by atoms with van der Waals surface area (Å²) in [7, 11) is 0. The number of anilines is 1. The summed E-state index contributed by atoms with van der Waals surface area (Å²) in [5, 5.41) is 34.0. The van der Waals surface area contributed by atoms with Gasteiger partial charge in [-0.3, -0.25) is 9.36 Å². The molecule has 53 heavy (non-hydrogen) atoms. The Kier molecular flexibility index (Phi) is 12.9. The summed E-state index contributed by atoms with van der Waals surface area (Å²) in [6, 6.07) is 20.1. The summed E-state index contributed by atoms with van der Waals surface area (Å²) in [6.07, 6.45) is -0.895. The third-order valence-electron chi connectivity index (χ3n) is 10.4. The number of ether oxygens (including phenoxy) is 1. The molecule has 2 aromatic carbocycles. The maximum Gasteiger partial charge on any atom is 0.315 e. The molecule has 0 aliphatic carbocycles. The van der Waals surface area contributed by atoms with Crippen molar-refractivity contribution in [3.8, 4) is 0 Å². The Labute approximate surface area is 310 Å². The minimum Gasteiger partial charge on any atom is -0.388 e. The van der Waals surface area contributed by atoms with Crippen LogP contribution in [0.2, 0.25) is 0 Å². The quantitative estimate of drug-likeness (QED) is 0.106. The average Bonchev–Trinajstić information content (AvgIpc) is 3.71. The van der Waals surface area contributed by atoms with Gasteiger partial charge in [0.05, 0.1) is 25.4 Å². The van der Waals surface area contributed by atoms with Gasteiger partial charge in [0, 0.05) is 32.1 Å². The molecule has 0 unspecified atom stereocenters. The lowest BCUT2D eigenvalue weighted by Crippen LogP contribution is -2.43. The molecule has 284 valence electrons. The van der Waals surface area contributed by atoms with Crippen LogP contribution in [0.5, 0.6) is 0 Å². The van der Waals surface area contributed by atoms with Gasteiger partial charge < -0.3 is 41.1 Å². The highest BCUT2D eigenvalue weighted by molar-refractivity contribution is 5.83. The predicted octanol–water partition coefficient (Wildman–Crippen LogP) is 3.38. The third kappa shape index (κ3) is 9.49. The van der Waals surface area contributed by atoms with Crippen LogP contribution in [0.4, 0.5) is 10.6 Å². The lowest BCUT2D eigenvalue weighted by atomic mass is 9.87. The number of aromatic nitrogens is 4. The molecule has 2 aliphatic rings. The van der Waals surface area contributed by atoms with Crippen LogP contribution in [0, 0.1) is 11.8 Å². The summed E-state index contributed by atoms with van der Waals surface area (Å²) in [5.41, 5.74) is 3.02. The van der Waals surface area contributed by atoms with Crippen molar-refractivity contribution < 1.29 is 24.5 Å². The number of carbonyl (C=O) groups excluding carboxylic acids is 2. The highest BCUT2D eigenvalue weighted by atomic mass is 16.6. The minimum absolute atomic E-state index is 0.0156. The fourth-order valence-electron chi connectivity index (χ4n) is 7.32. The van der Waals surface area contributed by atoms with Gasteiger partial charge in [0.1, 0.15) is 12.2 Å². The Hall–Kier alpha value is -4.63. The molecule has 6 rings (SSSR count). The van der Waals surface area contributed by atoms with Crippen molar-refractivity contribution in [1.82, 2.24) is 40.4 Å². The zero-order valence-corrected chi connectivity index (χ0v) is 30.8. The molecule has 2 saturated heterocycles. The molecule has 4 atom stereocenters. The smallest absolute Gasteiger partial charge is 0.315 e. The lowest BCUT2D eigenvalue weighted by molar-refractivity contribution is -0.125. The number of piperidine rings is 1. The van der Waals surface area contributed by atoms with Crippen molar-refractivity contribution in [2.24, 2.45) is 11.8 Å². The van der Waals surface area contributed by atoms with E-state index < -0.39 is 24.5 Å². The zero-order valence-electron chi connectivity index (χ0n) is 30.8. The van der Waals surface area contributed by atoms with Crippen LogP contribution in [-0.2, 0) is 16.1 Å². The fourth-order valence-corrected chi connectivity index (χ4v) is 7.32. The Morgan fingerprint density at radius 3 is 2.25 bits per heavy atom. The number of nitrogens with one attached hydrogen (secondary N) is 4. The van der Waals surface area contributed by atoms with E-state index in [4.69, 9.17) is 14.7 Å². The second kappa shape index (κ2) is 17.9. The standard InChI is InChI=1S/C39H53N9O5/c1-4-40-32(49)21-30-34(50)35(51)38(53-30)48-24-44-33-36(42-22-29(27-11-7-5-8-12-27)28-13-9-6-10-14-28)45-31(46-37(33)48)23-43-39(52)41-17-20-47-18-15-26(16-19-47)25(2)3/h5-14,24-26,29-30,34-35,38,50-51H,4,15-23H2,1-3H3,(H,40,49)(H2,41,43,52)(H,42,45,46)/t30-,34+,35+,38+/m0/s1. The van der Waals surface area contributed by atoms with Crippen LogP contribution >= 0.6 is 0 Å². The van der Waals surface area contributed by atoms with Gasteiger partial charge in [-0.25, -0.2) is 19.7 Å². The molecule has 2 aliphatic heterocycles. The van der Waals surface area contributed by atoms with Crippen molar-refractivity contribution in [2.75, 3.05) is 44.6 Å². The van der Waals surface area contributed by atoms with E-state index in [9.17, 15) is 19.8 Å². The Bertz CT molecular complexity index is 1740. The summed E-state index contributed by atoms with van der Waals surface area (Å²) in [6.45, 7) is 10.7. The third-order valence-corrected chi connectivity index (χ3v) is 10.4. The number of nitrogens with zero attached hydrogens (tertiary/aromatic N) is 5. The number of rotatable bonds is 15. The number of hydrogen-bond acceptors (Lipinski definition) is 10. The monoisotopic (exact) mass is 727 g/mol. The second-order valence-electron chi connectivity index (χ2n) is 14.3. The van der Waals surface area contributed by atoms with Crippen molar-refractivity contribution >= 4 is 28.9 Å². The van der Waals surface area contributed by atoms with Crippen LogP contribution in [0.3, 0.4) is 0 Å². The van der Waals surface area contributed by atoms with E-state index in [1.54, 1.807) is 11.5 Å². The van der Waals surface area contributed by atoms with Gasteiger partial charge in [0.15, 0.2) is 29.0 Å². The van der Waals surface area contributed by atoms with Gasteiger partial charge >= 0.3 is 6.03 Å². The van der Waals surface area contributed by atoms with E-state index in [1.165, 1.54) is 19.2 Å². The van der Waals surface area contributed by atoms with Crippen molar-refractivity contribution in [2.45, 2.75) is 77.0 Å². The molecule has 3 amide bonds. The largest absolute Gasteiger partial charge is 0.388 e. The van der Waals surface area contributed by atoms with Gasteiger partial charge in [0.2, 0.25) is 5.91 Å². The molecule has 14 nitrogen and oxygen atoms in total. The second-order valence-corrected chi connectivity index (χ2v) is 14.3. The number of aliphatic hydroxyl groups excluding tert-OH is 2. The summed E-state index contributed by atoms with van der Waals surface area (Å²) in [4.78, 5) is 41.8. The van der Waals surface area contributed by atoms with Gasteiger partial charge in [-0.05, 0) is 55.8 Å². The number of urea groups is 1. The van der Waals surface area contributed by atoms with Crippen LogP contribution in [-0.4, -0.2) is 104 Å². The number of amides is 3. The van der Waals surface area contributed by atoms with Gasteiger partial charge in [-0.15, -0.1) is 0 Å². The van der Waals surface area contributed by atoms with E-state index in [0.29, 0.717) is 48.4 Å². The first kappa shape index (κ1) is 38.1. The maximum absolute atomic E-state index is 12.9. The van der Waals surface area contributed by atoms with E-state index in [0.717, 1.165) is 36.7 Å². The topological polar surface area (TPSA) is 179 Å². The molecule has 0 bridgehead atoms. The van der Waals surface area contributed by atoms with Crippen LogP contribution in [0.25, 0.3) is 11.2 Å². The Morgan fingerprint density at radius 1 is 0.925 bits per heavy atom. The number of imidazole rings is 1. The van der Waals surface area contributed by atoms with Crippen molar-refractivity contribution in [3.63, 3.8) is 0 Å².